The maximum atomic E-state index is 12.0. The molecule has 6 nitrogen and oxygen atoms in total. The number of carbonyl (C=O) groups is 2. The van der Waals surface area contributed by atoms with Crippen LogP contribution in [0.2, 0.25) is 0 Å². The molecule has 1 aromatic carbocycles. The van der Waals surface area contributed by atoms with E-state index < -0.39 is 5.92 Å². The first kappa shape index (κ1) is 12.5. The van der Waals surface area contributed by atoms with Crippen molar-refractivity contribution in [3.63, 3.8) is 0 Å². The van der Waals surface area contributed by atoms with E-state index in [0.717, 1.165) is 29.6 Å². The molecular weight excluding hydrogens is 270 g/mol. The summed E-state index contributed by atoms with van der Waals surface area (Å²) < 4.78 is 5.53. The lowest BCUT2D eigenvalue weighted by molar-refractivity contribution is -0.134. The number of nitrogens with zero attached hydrogens (tertiary/aromatic N) is 2. The van der Waals surface area contributed by atoms with Crippen LogP contribution in [-0.4, -0.2) is 28.9 Å². The summed E-state index contributed by atoms with van der Waals surface area (Å²) in [5.74, 6) is -0.897. The number of benzene rings is 1. The van der Waals surface area contributed by atoms with E-state index in [-0.39, 0.29) is 11.8 Å². The van der Waals surface area contributed by atoms with Crippen LogP contribution in [0.4, 0.5) is 0 Å². The molecule has 2 aromatic rings. The van der Waals surface area contributed by atoms with Gasteiger partial charge >= 0.3 is 0 Å². The molecule has 0 bridgehead atoms. The van der Waals surface area contributed by atoms with Crippen LogP contribution in [0.5, 0.6) is 0 Å². The van der Waals surface area contributed by atoms with E-state index in [4.69, 9.17) is 4.52 Å². The molecule has 21 heavy (non-hydrogen) atoms. The summed E-state index contributed by atoms with van der Waals surface area (Å²) in [6.45, 7) is 1.73. The van der Waals surface area contributed by atoms with E-state index in [1.54, 1.807) is 0 Å². The highest BCUT2D eigenvalue weighted by atomic mass is 16.5. The third-order valence-corrected chi connectivity index (χ3v) is 4.31. The summed E-state index contributed by atoms with van der Waals surface area (Å²) >= 11 is 0. The van der Waals surface area contributed by atoms with Crippen molar-refractivity contribution < 1.29 is 14.1 Å². The lowest BCUT2D eigenvalue weighted by Crippen LogP contribution is -2.39. The maximum absolute atomic E-state index is 12.0. The third-order valence-electron chi connectivity index (χ3n) is 4.31. The van der Waals surface area contributed by atoms with E-state index in [9.17, 15) is 9.59 Å². The van der Waals surface area contributed by atoms with E-state index in [2.05, 4.69) is 28.5 Å². The zero-order valence-electron chi connectivity index (χ0n) is 11.7. The van der Waals surface area contributed by atoms with Crippen LogP contribution >= 0.6 is 0 Å². The van der Waals surface area contributed by atoms with E-state index >= 15 is 0 Å². The van der Waals surface area contributed by atoms with Gasteiger partial charge in [-0.25, -0.2) is 0 Å². The standard InChI is InChI=1S/C15H15N3O3/c1-18-6-8-2-3-9-13(17-21-14(9)11(8)7-18)10-4-5-12(19)16-15(10)20/h2-3,10H,4-7H2,1H3,(H,16,19,20). The summed E-state index contributed by atoms with van der Waals surface area (Å²) in [5.41, 5.74) is 3.82. The first-order valence-electron chi connectivity index (χ1n) is 7.06. The van der Waals surface area contributed by atoms with Crippen LogP contribution in [0.15, 0.2) is 16.7 Å². The largest absolute Gasteiger partial charge is 0.356 e. The van der Waals surface area contributed by atoms with Crippen molar-refractivity contribution in [1.29, 1.82) is 0 Å². The Balaban J connectivity index is 1.80. The number of rotatable bonds is 1. The SMILES string of the molecule is CN1Cc2ccc3c(C4CCC(=O)NC4=O)noc3c2C1. The molecule has 1 N–H and O–H groups in total. The number of hydrogen-bond acceptors (Lipinski definition) is 5. The Kier molecular flexibility index (Phi) is 2.62. The summed E-state index contributed by atoms with van der Waals surface area (Å²) in [6.07, 6.45) is 0.835. The van der Waals surface area contributed by atoms with E-state index in [1.165, 1.54) is 5.56 Å². The van der Waals surface area contributed by atoms with Gasteiger partial charge in [-0.2, -0.15) is 0 Å². The number of nitrogens with one attached hydrogen (secondary N) is 1. The molecule has 0 radical (unpaired) electrons. The van der Waals surface area contributed by atoms with Gasteiger partial charge in [0.1, 0.15) is 5.69 Å². The molecular formula is C15H15N3O3. The van der Waals surface area contributed by atoms with Crippen molar-refractivity contribution in [1.82, 2.24) is 15.4 Å². The number of carbonyl (C=O) groups excluding carboxylic acids is 2. The molecule has 1 fully saturated rings. The Labute approximate surface area is 121 Å². The zero-order valence-corrected chi connectivity index (χ0v) is 11.7. The second kappa shape index (κ2) is 4.39. The van der Waals surface area contributed by atoms with Crippen LogP contribution in [0.3, 0.4) is 0 Å². The van der Waals surface area contributed by atoms with Gasteiger partial charge in [-0.3, -0.25) is 19.8 Å². The molecule has 0 aliphatic carbocycles. The van der Waals surface area contributed by atoms with Gasteiger partial charge in [0.05, 0.1) is 5.92 Å². The minimum atomic E-state index is -0.402. The Morgan fingerprint density at radius 2 is 2.19 bits per heavy atom. The monoisotopic (exact) mass is 285 g/mol. The van der Waals surface area contributed by atoms with Crippen LogP contribution in [0, 0.1) is 0 Å². The second-order valence-corrected chi connectivity index (χ2v) is 5.82. The summed E-state index contributed by atoms with van der Waals surface area (Å²) in [5, 5.41) is 7.39. The van der Waals surface area contributed by atoms with Gasteiger partial charge in [0.2, 0.25) is 11.8 Å². The Morgan fingerprint density at radius 3 is 3.00 bits per heavy atom. The van der Waals surface area contributed by atoms with Gasteiger partial charge in [0, 0.05) is 30.5 Å². The molecule has 2 amide bonds. The molecule has 2 aliphatic rings. The maximum Gasteiger partial charge on any atom is 0.235 e. The topological polar surface area (TPSA) is 75.4 Å². The Hall–Kier alpha value is -2.21. The quantitative estimate of drug-likeness (QED) is 0.799. The van der Waals surface area contributed by atoms with Gasteiger partial charge in [-0.15, -0.1) is 0 Å². The van der Waals surface area contributed by atoms with Crippen molar-refractivity contribution in [2.45, 2.75) is 31.8 Å². The first-order chi connectivity index (χ1) is 10.1. The van der Waals surface area contributed by atoms with Gasteiger partial charge in [-0.05, 0) is 25.1 Å². The number of aromatic nitrogens is 1. The molecule has 4 rings (SSSR count). The van der Waals surface area contributed by atoms with Gasteiger partial charge in [0.25, 0.3) is 0 Å². The van der Waals surface area contributed by atoms with Crippen molar-refractivity contribution in [3.05, 3.63) is 29.0 Å². The van der Waals surface area contributed by atoms with Crippen LogP contribution in [-0.2, 0) is 22.7 Å². The Bertz CT molecular complexity index is 765. The minimum Gasteiger partial charge on any atom is -0.356 e. The summed E-state index contributed by atoms with van der Waals surface area (Å²) in [4.78, 5) is 25.5. The van der Waals surface area contributed by atoms with Gasteiger partial charge in [-0.1, -0.05) is 11.2 Å². The molecule has 1 unspecified atom stereocenters. The number of imide groups is 1. The van der Waals surface area contributed by atoms with E-state index in [0.29, 0.717) is 18.5 Å². The predicted molar refractivity (Wildman–Crippen MR) is 74.3 cm³/mol. The molecule has 6 heteroatoms. The average molecular weight is 285 g/mol. The minimum absolute atomic E-state index is 0.216. The number of amides is 2. The number of fused-ring (bicyclic) bond motifs is 3. The molecule has 1 aromatic heterocycles. The molecule has 1 atom stereocenters. The van der Waals surface area contributed by atoms with Crippen LogP contribution < -0.4 is 5.32 Å². The fourth-order valence-electron chi connectivity index (χ4n) is 3.26. The van der Waals surface area contributed by atoms with Crippen molar-refractivity contribution in [2.24, 2.45) is 0 Å². The first-order valence-corrected chi connectivity index (χ1v) is 7.06. The highest BCUT2D eigenvalue weighted by Crippen LogP contribution is 2.35. The predicted octanol–water partition coefficient (Wildman–Crippen LogP) is 1.29. The summed E-state index contributed by atoms with van der Waals surface area (Å²) in [6, 6.07) is 4.05. The van der Waals surface area contributed by atoms with Crippen molar-refractivity contribution >= 4 is 22.8 Å². The van der Waals surface area contributed by atoms with Crippen molar-refractivity contribution in [3.8, 4) is 0 Å². The lowest BCUT2D eigenvalue weighted by Gasteiger charge is -2.18. The zero-order chi connectivity index (χ0) is 14.6. The molecule has 2 aliphatic heterocycles. The smallest absolute Gasteiger partial charge is 0.235 e. The summed E-state index contributed by atoms with van der Waals surface area (Å²) in [7, 11) is 2.06. The fraction of sp³-hybridized carbons (Fsp3) is 0.400. The number of piperidine rings is 1. The molecule has 3 heterocycles. The Morgan fingerprint density at radius 1 is 1.33 bits per heavy atom. The van der Waals surface area contributed by atoms with Gasteiger partial charge < -0.3 is 4.52 Å². The molecule has 108 valence electrons. The third kappa shape index (κ3) is 1.86. The second-order valence-electron chi connectivity index (χ2n) is 5.82. The highest BCUT2D eigenvalue weighted by molar-refractivity contribution is 6.02. The molecule has 0 spiro atoms. The van der Waals surface area contributed by atoms with E-state index in [1.807, 2.05) is 6.07 Å². The molecule has 0 saturated carbocycles. The number of hydrogen-bond donors (Lipinski definition) is 1. The lowest BCUT2D eigenvalue weighted by atomic mass is 9.92. The highest BCUT2D eigenvalue weighted by Gasteiger charge is 2.33. The molecule has 1 saturated heterocycles. The normalized spacial score (nSPS) is 22.6. The van der Waals surface area contributed by atoms with Crippen LogP contribution in [0.25, 0.3) is 11.0 Å². The van der Waals surface area contributed by atoms with Crippen LogP contribution in [0.1, 0.15) is 35.6 Å². The average Bonchev–Trinajstić information content (AvgIpc) is 3.01. The van der Waals surface area contributed by atoms with Gasteiger partial charge in [0.15, 0.2) is 5.58 Å². The van der Waals surface area contributed by atoms with Crippen molar-refractivity contribution in [2.75, 3.05) is 7.05 Å². The fourth-order valence-corrected chi connectivity index (χ4v) is 3.26.